The number of aromatic amines is 1. The summed E-state index contributed by atoms with van der Waals surface area (Å²) in [5.74, 6) is 0. The van der Waals surface area contributed by atoms with Crippen LogP contribution in [-0.2, 0) is 12.0 Å². The Balaban J connectivity index is 2.75. The molecule has 2 rings (SSSR count). The largest absolute Gasteiger partial charge is 0.342 e. The number of rotatable bonds is 1. The van der Waals surface area contributed by atoms with Crippen LogP contribution in [0.1, 0.15) is 32.0 Å². The molecule has 0 aliphatic carbocycles. The third kappa shape index (κ3) is 1.63. The second-order valence-electron chi connectivity index (χ2n) is 4.83. The fourth-order valence-corrected chi connectivity index (χ4v) is 1.93. The normalized spacial score (nSPS) is 12.3. The average Bonchev–Trinajstić information content (AvgIpc) is 2.55. The van der Waals surface area contributed by atoms with Gasteiger partial charge in [-0.05, 0) is 17.7 Å². The fraction of sp³-hybridized carbons (Fsp3) is 0.417. The van der Waals surface area contributed by atoms with Crippen LogP contribution in [0.25, 0.3) is 11.0 Å². The highest BCUT2D eigenvalue weighted by Crippen LogP contribution is 2.29. The molecule has 3 heteroatoms. The van der Waals surface area contributed by atoms with Gasteiger partial charge in [-0.1, -0.05) is 20.8 Å². The van der Waals surface area contributed by atoms with Gasteiger partial charge in [0.05, 0.1) is 0 Å². The number of aromatic nitrogens is 2. The van der Waals surface area contributed by atoms with E-state index in [1.165, 1.54) is 11.3 Å². The Morgan fingerprint density at radius 3 is 2.73 bits per heavy atom. The minimum atomic E-state index is 0.0788. The lowest BCUT2D eigenvalue weighted by Crippen LogP contribution is -2.15. The highest BCUT2D eigenvalue weighted by Gasteiger charge is 2.21. The summed E-state index contributed by atoms with van der Waals surface area (Å²) in [5.41, 5.74) is 9.20. The van der Waals surface area contributed by atoms with E-state index in [4.69, 9.17) is 5.73 Å². The molecule has 0 aliphatic rings. The summed E-state index contributed by atoms with van der Waals surface area (Å²) in [7, 11) is 0. The van der Waals surface area contributed by atoms with Gasteiger partial charge in [-0.2, -0.15) is 0 Å². The third-order valence-corrected chi connectivity index (χ3v) is 2.63. The Morgan fingerprint density at radius 1 is 1.40 bits per heavy atom. The minimum absolute atomic E-state index is 0.0788. The van der Waals surface area contributed by atoms with E-state index in [0.29, 0.717) is 6.54 Å². The van der Waals surface area contributed by atoms with Crippen LogP contribution in [0, 0.1) is 0 Å². The number of hydrogen-bond donors (Lipinski definition) is 2. The number of hydrogen-bond acceptors (Lipinski definition) is 2. The van der Waals surface area contributed by atoms with E-state index in [9.17, 15) is 0 Å². The molecular formula is C12H17N3. The van der Waals surface area contributed by atoms with E-state index in [2.05, 4.69) is 36.8 Å². The molecule has 0 radical (unpaired) electrons. The van der Waals surface area contributed by atoms with Crippen LogP contribution in [0.5, 0.6) is 0 Å². The van der Waals surface area contributed by atoms with Gasteiger partial charge in [0.15, 0.2) is 0 Å². The monoisotopic (exact) mass is 203 g/mol. The number of pyridine rings is 1. The summed E-state index contributed by atoms with van der Waals surface area (Å²) in [6, 6.07) is 4.01. The molecule has 15 heavy (non-hydrogen) atoms. The van der Waals surface area contributed by atoms with Crippen molar-refractivity contribution in [3.05, 3.63) is 29.6 Å². The molecule has 0 aromatic carbocycles. The number of H-pyrrole nitrogens is 1. The average molecular weight is 203 g/mol. The van der Waals surface area contributed by atoms with E-state index in [0.717, 1.165) is 11.0 Å². The first kappa shape index (κ1) is 10.2. The third-order valence-electron chi connectivity index (χ3n) is 2.63. The van der Waals surface area contributed by atoms with Crippen molar-refractivity contribution < 1.29 is 0 Å². The van der Waals surface area contributed by atoms with Crippen molar-refractivity contribution in [2.75, 3.05) is 0 Å². The highest BCUT2D eigenvalue weighted by atomic mass is 14.9. The summed E-state index contributed by atoms with van der Waals surface area (Å²) >= 11 is 0. The van der Waals surface area contributed by atoms with E-state index in [-0.39, 0.29) is 5.41 Å². The summed E-state index contributed by atoms with van der Waals surface area (Å²) in [6.07, 6.45) is 1.80. The number of fused-ring (bicyclic) bond motifs is 1. The molecule has 0 spiro atoms. The van der Waals surface area contributed by atoms with Crippen LogP contribution in [0.2, 0.25) is 0 Å². The second-order valence-corrected chi connectivity index (χ2v) is 4.83. The van der Waals surface area contributed by atoms with Gasteiger partial charge in [-0.25, -0.2) is 4.98 Å². The fourth-order valence-electron chi connectivity index (χ4n) is 1.93. The topological polar surface area (TPSA) is 54.7 Å². The second kappa shape index (κ2) is 3.35. The van der Waals surface area contributed by atoms with Crippen LogP contribution in [0.15, 0.2) is 18.3 Å². The van der Waals surface area contributed by atoms with Crippen LogP contribution < -0.4 is 5.73 Å². The molecule has 0 saturated carbocycles. The van der Waals surface area contributed by atoms with Gasteiger partial charge in [-0.15, -0.1) is 0 Å². The molecule has 2 aromatic heterocycles. The van der Waals surface area contributed by atoms with Gasteiger partial charge in [0.25, 0.3) is 0 Å². The maximum absolute atomic E-state index is 5.81. The standard InChI is InChI=1S/C12H17N3/c1-12(2,3)10-9(7-13)8-5-4-6-14-11(8)15-10/h4-6H,7,13H2,1-3H3,(H,14,15). The number of nitrogens with zero attached hydrogens (tertiary/aromatic N) is 1. The molecule has 3 N–H and O–H groups in total. The first-order valence-corrected chi connectivity index (χ1v) is 5.20. The molecule has 0 amide bonds. The Hall–Kier alpha value is -1.35. The highest BCUT2D eigenvalue weighted by molar-refractivity contribution is 5.81. The van der Waals surface area contributed by atoms with Crippen molar-refractivity contribution in [3.63, 3.8) is 0 Å². The van der Waals surface area contributed by atoms with Gasteiger partial charge < -0.3 is 10.7 Å². The van der Waals surface area contributed by atoms with Gasteiger partial charge in [-0.3, -0.25) is 0 Å². The molecule has 3 nitrogen and oxygen atoms in total. The molecule has 2 aromatic rings. The predicted octanol–water partition coefficient (Wildman–Crippen LogP) is 2.32. The Labute approximate surface area is 89.7 Å². The Morgan fingerprint density at radius 2 is 2.13 bits per heavy atom. The quantitative estimate of drug-likeness (QED) is 0.747. The van der Waals surface area contributed by atoms with Crippen LogP contribution in [0.4, 0.5) is 0 Å². The van der Waals surface area contributed by atoms with Crippen LogP contribution in [-0.4, -0.2) is 9.97 Å². The molecule has 0 atom stereocenters. The van der Waals surface area contributed by atoms with Gasteiger partial charge in [0, 0.05) is 29.2 Å². The lowest BCUT2D eigenvalue weighted by Gasteiger charge is -2.18. The summed E-state index contributed by atoms with van der Waals surface area (Å²) in [5, 5.41) is 1.14. The minimum Gasteiger partial charge on any atom is -0.342 e. The zero-order valence-electron chi connectivity index (χ0n) is 9.46. The van der Waals surface area contributed by atoms with Crippen molar-refractivity contribution in [3.8, 4) is 0 Å². The SMILES string of the molecule is CC(C)(C)c1[nH]c2ncccc2c1CN. The first-order chi connectivity index (χ1) is 7.04. The van der Waals surface area contributed by atoms with Crippen molar-refractivity contribution in [1.29, 1.82) is 0 Å². The molecular weight excluding hydrogens is 186 g/mol. The van der Waals surface area contributed by atoms with Gasteiger partial charge in [0.2, 0.25) is 0 Å². The first-order valence-electron chi connectivity index (χ1n) is 5.20. The van der Waals surface area contributed by atoms with E-state index >= 15 is 0 Å². The number of nitrogens with two attached hydrogens (primary N) is 1. The summed E-state index contributed by atoms with van der Waals surface area (Å²) < 4.78 is 0. The molecule has 80 valence electrons. The maximum atomic E-state index is 5.81. The smallest absolute Gasteiger partial charge is 0.137 e. The predicted molar refractivity (Wildman–Crippen MR) is 62.7 cm³/mol. The van der Waals surface area contributed by atoms with Crippen molar-refractivity contribution in [1.82, 2.24) is 9.97 Å². The summed E-state index contributed by atoms with van der Waals surface area (Å²) in [6.45, 7) is 7.09. The summed E-state index contributed by atoms with van der Waals surface area (Å²) in [4.78, 5) is 7.68. The molecule has 0 saturated heterocycles. The van der Waals surface area contributed by atoms with E-state index < -0.39 is 0 Å². The van der Waals surface area contributed by atoms with E-state index in [1.807, 2.05) is 6.07 Å². The van der Waals surface area contributed by atoms with Gasteiger partial charge >= 0.3 is 0 Å². The van der Waals surface area contributed by atoms with Crippen molar-refractivity contribution >= 4 is 11.0 Å². The van der Waals surface area contributed by atoms with Crippen LogP contribution in [0.3, 0.4) is 0 Å². The van der Waals surface area contributed by atoms with Crippen molar-refractivity contribution in [2.45, 2.75) is 32.7 Å². The van der Waals surface area contributed by atoms with E-state index in [1.54, 1.807) is 6.20 Å². The maximum Gasteiger partial charge on any atom is 0.137 e. The molecule has 0 bridgehead atoms. The lowest BCUT2D eigenvalue weighted by molar-refractivity contribution is 0.567. The Kier molecular flexibility index (Phi) is 2.27. The Bertz CT molecular complexity index is 477. The molecule has 0 unspecified atom stereocenters. The van der Waals surface area contributed by atoms with Crippen LogP contribution >= 0.6 is 0 Å². The molecule has 0 fully saturated rings. The molecule has 0 aliphatic heterocycles. The van der Waals surface area contributed by atoms with Crippen molar-refractivity contribution in [2.24, 2.45) is 5.73 Å². The molecule has 2 heterocycles. The van der Waals surface area contributed by atoms with Gasteiger partial charge in [0.1, 0.15) is 5.65 Å². The lowest BCUT2D eigenvalue weighted by atomic mass is 9.89. The number of nitrogens with one attached hydrogen (secondary N) is 1. The zero-order chi connectivity index (χ0) is 11.1. The zero-order valence-corrected chi connectivity index (χ0v) is 9.46.